The van der Waals surface area contributed by atoms with Crippen LogP contribution in [0.1, 0.15) is 123 Å². The van der Waals surface area contributed by atoms with E-state index in [1.807, 2.05) is 0 Å². The predicted molar refractivity (Wildman–Crippen MR) is 138 cm³/mol. The Kier molecular flexibility index (Phi) is 10.3. The SMILES string of the molecule is CC(C)(C1CCC(N)CC1)C1CCC(N)CC1.NC1CCC(CC2CCC(N)CC2)CC1. The molecule has 4 heteroatoms. The first-order valence-electron chi connectivity index (χ1n) is 14.3. The minimum absolute atomic E-state index is 0.474. The molecule has 0 atom stereocenters. The lowest BCUT2D eigenvalue weighted by Crippen LogP contribution is -2.40. The minimum Gasteiger partial charge on any atom is -0.328 e. The number of hydrogen-bond donors (Lipinski definition) is 4. The van der Waals surface area contributed by atoms with Gasteiger partial charge in [0.05, 0.1) is 0 Å². The number of hydrogen-bond acceptors (Lipinski definition) is 4. The minimum atomic E-state index is 0.474. The monoisotopic (exact) mass is 448 g/mol. The molecule has 0 aromatic heterocycles. The molecule has 4 aliphatic carbocycles. The highest BCUT2D eigenvalue weighted by molar-refractivity contribution is 4.91. The molecule has 188 valence electrons. The summed E-state index contributed by atoms with van der Waals surface area (Å²) < 4.78 is 0. The summed E-state index contributed by atoms with van der Waals surface area (Å²) in [5, 5.41) is 0. The Hall–Kier alpha value is -0.160. The maximum absolute atomic E-state index is 6.02. The van der Waals surface area contributed by atoms with Crippen LogP contribution in [0.3, 0.4) is 0 Å². The van der Waals surface area contributed by atoms with Crippen LogP contribution in [-0.4, -0.2) is 24.2 Å². The van der Waals surface area contributed by atoms with Crippen LogP contribution < -0.4 is 22.9 Å². The van der Waals surface area contributed by atoms with Gasteiger partial charge in [0.2, 0.25) is 0 Å². The van der Waals surface area contributed by atoms with Gasteiger partial charge in [-0.25, -0.2) is 0 Å². The van der Waals surface area contributed by atoms with Crippen LogP contribution >= 0.6 is 0 Å². The van der Waals surface area contributed by atoms with Gasteiger partial charge in [-0.3, -0.25) is 0 Å². The smallest absolute Gasteiger partial charge is 0.00390 e. The second kappa shape index (κ2) is 12.5. The van der Waals surface area contributed by atoms with Gasteiger partial charge < -0.3 is 22.9 Å². The zero-order chi connectivity index (χ0) is 23.1. The Morgan fingerprint density at radius 1 is 0.438 bits per heavy atom. The van der Waals surface area contributed by atoms with Crippen LogP contribution in [0.2, 0.25) is 0 Å². The van der Waals surface area contributed by atoms with Gasteiger partial charge >= 0.3 is 0 Å². The third kappa shape index (κ3) is 7.96. The first-order valence-corrected chi connectivity index (χ1v) is 14.3. The fourth-order valence-corrected chi connectivity index (χ4v) is 7.38. The third-order valence-corrected chi connectivity index (χ3v) is 10.1. The Morgan fingerprint density at radius 3 is 0.969 bits per heavy atom. The van der Waals surface area contributed by atoms with Gasteiger partial charge in [-0.15, -0.1) is 0 Å². The second-order valence-electron chi connectivity index (χ2n) is 12.8. The highest BCUT2D eigenvalue weighted by Gasteiger charge is 2.39. The molecule has 32 heavy (non-hydrogen) atoms. The fourth-order valence-electron chi connectivity index (χ4n) is 7.38. The van der Waals surface area contributed by atoms with E-state index in [1.165, 1.54) is 109 Å². The molecule has 4 fully saturated rings. The van der Waals surface area contributed by atoms with Gasteiger partial charge in [-0.05, 0) is 138 Å². The molecule has 4 rings (SSSR count). The largest absolute Gasteiger partial charge is 0.328 e. The first-order chi connectivity index (χ1) is 15.2. The van der Waals surface area contributed by atoms with Gasteiger partial charge in [-0.1, -0.05) is 13.8 Å². The van der Waals surface area contributed by atoms with E-state index < -0.39 is 0 Å². The van der Waals surface area contributed by atoms with Crippen molar-refractivity contribution in [3.05, 3.63) is 0 Å². The van der Waals surface area contributed by atoms with Crippen molar-refractivity contribution in [1.29, 1.82) is 0 Å². The van der Waals surface area contributed by atoms with Crippen molar-refractivity contribution in [2.75, 3.05) is 0 Å². The molecule has 0 bridgehead atoms. The molecule has 0 saturated heterocycles. The third-order valence-electron chi connectivity index (χ3n) is 10.1. The summed E-state index contributed by atoms with van der Waals surface area (Å²) in [6.07, 6.45) is 22.3. The predicted octanol–water partition coefficient (Wildman–Crippen LogP) is 5.46. The fraction of sp³-hybridized carbons (Fsp3) is 1.00. The standard InChI is InChI=1S/C15H30N2.C13H26N2/c1-15(2,11-3-7-13(16)8-4-11)12-5-9-14(17)10-6-12;14-12-5-1-10(2-6-12)9-11-3-7-13(15)8-4-11/h11-14H,3-10,16-17H2,1-2H3;10-13H,1-9,14-15H2. The van der Waals surface area contributed by atoms with Crippen molar-refractivity contribution < 1.29 is 0 Å². The molecule has 0 radical (unpaired) electrons. The van der Waals surface area contributed by atoms with E-state index in [4.69, 9.17) is 22.9 Å². The maximum Gasteiger partial charge on any atom is 0.00390 e. The Bertz CT molecular complexity index is 460. The zero-order valence-electron chi connectivity index (χ0n) is 21.4. The summed E-state index contributed by atoms with van der Waals surface area (Å²) in [7, 11) is 0. The first kappa shape index (κ1) is 26.4. The van der Waals surface area contributed by atoms with Gasteiger partial charge in [-0.2, -0.15) is 0 Å². The highest BCUT2D eigenvalue weighted by Crippen LogP contribution is 2.48. The molecule has 0 spiro atoms. The molecular weight excluding hydrogens is 392 g/mol. The van der Waals surface area contributed by atoms with Crippen molar-refractivity contribution >= 4 is 0 Å². The van der Waals surface area contributed by atoms with E-state index in [1.54, 1.807) is 0 Å². The van der Waals surface area contributed by atoms with Crippen LogP contribution in [0, 0.1) is 29.1 Å². The second-order valence-corrected chi connectivity index (χ2v) is 12.8. The van der Waals surface area contributed by atoms with E-state index in [0.29, 0.717) is 29.6 Å². The summed E-state index contributed by atoms with van der Waals surface area (Å²) >= 11 is 0. The topological polar surface area (TPSA) is 104 Å². The molecule has 4 saturated carbocycles. The van der Waals surface area contributed by atoms with E-state index in [-0.39, 0.29) is 0 Å². The Balaban J connectivity index is 0.000000182. The van der Waals surface area contributed by atoms with Crippen molar-refractivity contribution in [3.8, 4) is 0 Å². The van der Waals surface area contributed by atoms with Crippen LogP contribution in [0.5, 0.6) is 0 Å². The summed E-state index contributed by atoms with van der Waals surface area (Å²) in [5.41, 5.74) is 24.4. The lowest BCUT2D eigenvalue weighted by atomic mass is 9.60. The summed E-state index contributed by atoms with van der Waals surface area (Å²) in [6, 6.07) is 1.95. The number of nitrogens with two attached hydrogens (primary N) is 4. The summed E-state index contributed by atoms with van der Waals surface area (Å²) in [6.45, 7) is 4.99. The summed E-state index contributed by atoms with van der Waals surface area (Å²) in [5.74, 6) is 3.73. The average Bonchev–Trinajstić information content (AvgIpc) is 2.78. The number of rotatable bonds is 4. The Morgan fingerprint density at radius 2 is 0.688 bits per heavy atom. The van der Waals surface area contributed by atoms with Gasteiger partial charge in [0, 0.05) is 24.2 Å². The van der Waals surface area contributed by atoms with E-state index in [2.05, 4.69) is 13.8 Å². The molecule has 0 heterocycles. The van der Waals surface area contributed by atoms with Crippen LogP contribution in [0.4, 0.5) is 0 Å². The van der Waals surface area contributed by atoms with Crippen molar-refractivity contribution in [2.45, 2.75) is 147 Å². The quantitative estimate of drug-likeness (QED) is 0.458. The molecule has 4 aliphatic rings. The molecule has 8 N–H and O–H groups in total. The molecule has 0 aromatic carbocycles. The maximum atomic E-state index is 6.02. The highest BCUT2D eigenvalue weighted by atomic mass is 14.7. The molecular formula is C28H56N4. The molecule has 0 amide bonds. The molecule has 0 unspecified atom stereocenters. The molecule has 0 aromatic rings. The lowest BCUT2D eigenvalue weighted by Gasteiger charge is -2.46. The van der Waals surface area contributed by atoms with Crippen molar-refractivity contribution in [2.24, 2.45) is 52.0 Å². The van der Waals surface area contributed by atoms with Crippen LogP contribution in [0.25, 0.3) is 0 Å². The van der Waals surface area contributed by atoms with Crippen LogP contribution in [-0.2, 0) is 0 Å². The molecule has 4 nitrogen and oxygen atoms in total. The van der Waals surface area contributed by atoms with Crippen LogP contribution in [0.15, 0.2) is 0 Å². The van der Waals surface area contributed by atoms with Gasteiger partial charge in [0.1, 0.15) is 0 Å². The van der Waals surface area contributed by atoms with Crippen molar-refractivity contribution in [1.82, 2.24) is 0 Å². The van der Waals surface area contributed by atoms with Gasteiger partial charge in [0.15, 0.2) is 0 Å². The lowest BCUT2D eigenvalue weighted by molar-refractivity contribution is 0.0523. The Labute approximate surface area is 199 Å². The van der Waals surface area contributed by atoms with Crippen molar-refractivity contribution in [3.63, 3.8) is 0 Å². The normalized spacial score (nSPS) is 41.4. The van der Waals surface area contributed by atoms with E-state index in [0.717, 1.165) is 23.7 Å². The zero-order valence-corrected chi connectivity index (χ0v) is 21.4. The van der Waals surface area contributed by atoms with E-state index >= 15 is 0 Å². The van der Waals surface area contributed by atoms with E-state index in [9.17, 15) is 0 Å². The molecule has 0 aliphatic heterocycles. The summed E-state index contributed by atoms with van der Waals surface area (Å²) in [4.78, 5) is 0. The average molecular weight is 449 g/mol. The van der Waals surface area contributed by atoms with Gasteiger partial charge in [0.25, 0.3) is 0 Å².